The highest BCUT2D eigenvalue weighted by Crippen LogP contribution is 2.30. The fraction of sp³-hybridized carbons (Fsp3) is 0.125. The molecule has 0 radical (unpaired) electrons. The van der Waals surface area contributed by atoms with Crippen LogP contribution in [0.5, 0.6) is 17.2 Å². The first-order valence-corrected chi connectivity index (χ1v) is 9.46. The topological polar surface area (TPSA) is 94.6 Å². The van der Waals surface area contributed by atoms with Gasteiger partial charge in [-0.1, -0.05) is 24.3 Å². The van der Waals surface area contributed by atoms with Crippen LogP contribution in [-0.2, 0) is 0 Å². The number of non-ortho nitro benzene ring substituents is 1. The lowest BCUT2D eigenvalue weighted by molar-refractivity contribution is -0.384. The van der Waals surface area contributed by atoms with E-state index < -0.39 is 4.92 Å². The van der Waals surface area contributed by atoms with E-state index >= 15 is 0 Å². The predicted octanol–water partition coefficient (Wildman–Crippen LogP) is 5.13. The van der Waals surface area contributed by atoms with Crippen LogP contribution in [0.2, 0.25) is 0 Å². The molecule has 0 unspecified atom stereocenters. The van der Waals surface area contributed by atoms with Gasteiger partial charge in [-0.05, 0) is 53.6 Å². The molecule has 7 nitrogen and oxygen atoms in total. The van der Waals surface area contributed by atoms with Gasteiger partial charge in [0.25, 0.3) is 5.69 Å². The van der Waals surface area contributed by atoms with Crippen LogP contribution in [0.1, 0.15) is 11.1 Å². The lowest BCUT2D eigenvalue weighted by Crippen LogP contribution is -2.09. The number of nitro groups is 1. The number of ether oxygens (including phenoxy) is 3. The van der Waals surface area contributed by atoms with E-state index in [0.29, 0.717) is 35.8 Å². The number of hydrogen-bond donors (Lipinski definition) is 0. The molecule has 0 heterocycles. The first kappa shape index (κ1) is 21.4. The molecule has 0 bridgehead atoms. The van der Waals surface area contributed by atoms with Gasteiger partial charge < -0.3 is 14.2 Å². The van der Waals surface area contributed by atoms with Crippen molar-refractivity contribution < 1.29 is 19.1 Å². The quantitative estimate of drug-likeness (QED) is 0.158. The summed E-state index contributed by atoms with van der Waals surface area (Å²) in [6, 6.07) is 22.8. The van der Waals surface area contributed by atoms with Crippen LogP contribution in [0.25, 0.3) is 11.6 Å². The third-order valence-corrected chi connectivity index (χ3v) is 4.36. The third-order valence-electron chi connectivity index (χ3n) is 4.36. The Morgan fingerprint density at radius 2 is 1.71 bits per heavy atom. The van der Waals surface area contributed by atoms with E-state index in [9.17, 15) is 15.4 Å². The van der Waals surface area contributed by atoms with Crippen LogP contribution in [0.3, 0.4) is 0 Å². The van der Waals surface area contributed by atoms with E-state index in [0.717, 1.165) is 11.3 Å². The van der Waals surface area contributed by atoms with Crippen LogP contribution >= 0.6 is 0 Å². The molecule has 0 saturated heterocycles. The maximum absolute atomic E-state index is 10.8. The Hall–Kier alpha value is -4.31. The molecule has 0 aliphatic heterocycles. The summed E-state index contributed by atoms with van der Waals surface area (Å²) in [5.41, 5.74) is 1.67. The molecule has 0 saturated carbocycles. The maximum atomic E-state index is 10.8. The van der Waals surface area contributed by atoms with Crippen LogP contribution in [0.15, 0.2) is 72.8 Å². The Labute approximate surface area is 179 Å². The molecule has 3 aromatic rings. The Kier molecular flexibility index (Phi) is 7.22. The van der Waals surface area contributed by atoms with Gasteiger partial charge in [-0.25, -0.2) is 0 Å². The molecular weight excluding hydrogens is 396 g/mol. The van der Waals surface area contributed by atoms with Gasteiger partial charge in [0.1, 0.15) is 19.0 Å². The largest absolute Gasteiger partial charge is 0.493 e. The summed E-state index contributed by atoms with van der Waals surface area (Å²) < 4.78 is 16.8. The van der Waals surface area contributed by atoms with Gasteiger partial charge in [-0.2, -0.15) is 5.26 Å². The minimum absolute atomic E-state index is 0.0274. The van der Waals surface area contributed by atoms with Crippen LogP contribution in [0, 0.1) is 21.4 Å². The summed E-state index contributed by atoms with van der Waals surface area (Å²) in [7, 11) is 1.54. The van der Waals surface area contributed by atoms with Gasteiger partial charge >= 0.3 is 0 Å². The number of nitrogens with zero attached hydrogens (tertiary/aromatic N) is 2. The van der Waals surface area contributed by atoms with Crippen molar-refractivity contribution in [2.75, 3.05) is 20.3 Å². The minimum Gasteiger partial charge on any atom is -0.493 e. The highest BCUT2D eigenvalue weighted by atomic mass is 16.6. The number of methoxy groups -OCH3 is 1. The summed E-state index contributed by atoms with van der Waals surface area (Å²) in [6.45, 7) is 0.722. The zero-order valence-corrected chi connectivity index (χ0v) is 16.9. The van der Waals surface area contributed by atoms with Crippen molar-refractivity contribution in [2.24, 2.45) is 0 Å². The normalized spacial score (nSPS) is 10.8. The van der Waals surface area contributed by atoms with Gasteiger partial charge in [0, 0.05) is 12.1 Å². The van der Waals surface area contributed by atoms with Crippen molar-refractivity contribution in [3.05, 3.63) is 94.0 Å². The number of hydrogen-bond acceptors (Lipinski definition) is 6. The second-order valence-electron chi connectivity index (χ2n) is 6.39. The van der Waals surface area contributed by atoms with Crippen molar-refractivity contribution in [3.63, 3.8) is 0 Å². The van der Waals surface area contributed by atoms with Crippen molar-refractivity contribution in [1.82, 2.24) is 0 Å². The molecule has 0 spiro atoms. The summed E-state index contributed by atoms with van der Waals surface area (Å²) in [4.78, 5) is 10.3. The lowest BCUT2D eigenvalue weighted by atomic mass is 10.0. The van der Waals surface area contributed by atoms with E-state index in [2.05, 4.69) is 6.07 Å². The molecule has 0 atom stereocenters. The van der Waals surface area contributed by atoms with Crippen molar-refractivity contribution in [1.29, 1.82) is 5.26 Å². The lowest BCUT2D eigenvalue weighted by Gasteiger charge is -2.12. The average molecular weight is 416 g/mol. The molecule has 156 valence electrons. The van der Waals surface area contributed by atoms with Gasteiger partial charge in [0.05, 0.1) is 23.7 Å². The number of benzene rings is 3. The highest BCUT2D eigenvalue weighted by Gasteiger charge is 2.09. The Morgan fingerprint density at radius 3 is 2.35 bits per heavy atom. The molecule has 0 N–H and O–H groups in total. The van der Waals surface area contributed by atoms with Crippen LogP contribution in [-0.4, -0.2) is 25.2 Å². The van der Waals surface area contributed by atoms with Crippen molar-refractivity contribution in [3.8, 4) is 23.3 Å². The monoisotopic (exact) mass is 416 g/mol. The minimum atomic E-state index is -0.478. The zero-order chi connectivity index (χ0) is 22.1. The van der Waals surface area contributed by atoms with Crippen molar-refractivity contribution >= 4 is 17.3 Å². The molecule has 0 aromatic heterocycles. The summed E-state index contributed by atoms with van der Waals surface area (Å²) in [5.74, 6) is 1.86. The van der Waals surface area contributed by atoms with Gasteiger partial charge in [0.2, 0.25) is 0 Å². The number of nitriles is 1. The highest BCUT2D eigenvalue weighted by molar-refractivity contribution is 5.90. The first-order chi connectivity index (χ1) is 15.1. The Morgan fingerprint density at radius 1 is 1.00 bits per heavy atom. The number of para-hydroxylation sites is 1. The zero-order valence-electron chi connectivity index (χ0n) is 16.9. The van der Waals surface area contributed by atoms with E-state index in [-0.39, 0.29) is 5.69 Å². The summed E-state index contributed by atoms with van der Waals surface area (Å²) in [5, 5.41) is 20.3. The van der Waals surface area contributed by atoms with E-state index in [1.807, 2.05) is 30.3 Å². The van der Waals surface area contributed by atoms with Gasteiger partial charge in [-0.15, -0.1) is 0 Å². The number of nitro benzene ring substituents is 1. The molecule has 3 rings (SSSR count). The van der Waals surface area contributed by atoms with Gasteiger partial charge in [-0.3, -0.25) is 10.1 Å². The molecule has 3 aromatic carbocycles. The molecule has 0 aliphatic carbocycles. The molecule has 0 fully saturated rings. The predicted molar refractivity (Wildman–Crippen MR) is 117 cm³/mol. The van der Waals surface area contributed by atoms with Crippen molar-refractivity contribution in [2.45, 2.75) is 0 Å². The SMILES string of the molecule is COc1cc(/C=C(\C#N)c2ccc([N+](=O)[O-])cc2)ccc1OCCOc1ccccc1. The third kappa shape index (κ3) is 5.84. The molecule has 31 heavy (non-hydrogen) atoms. The molecule has 0 aliphatic rings. The van der Waals surface area contributed by atoms with E-state index in [1.54, 1.807) is 36.4 Å². The van der Waals surface area contributed by atoms with Crippen LogP contribution < -0.4 is 14.2 Å². The molecule has 0 amide bonds. The standard InChI is InChI=1S/C24H20N2O5/c1-29-24-16-18(15-20(17-25)19-8-10-21(11-9-19)26(27)28)7-12-23(24)31-14-13-30-22-5-3-2-4-6-22/h2-12,15-16H,13-14H2,1H3/b20-15+. The first-order valence-electron chi connectivity index (χ1n) is 9.46. The Bertz CT molecular complexity index is 1100. The summed E-state index contributed by atoms with van der Waals surface area (Å²) >= 11 is 0. The second-order valence-corrected chi connectivity index (χ2v) is 6.39. The second kappa shape index (κ2) is 10.5. The number of rotatable bonds is 9. The maximum Gasteiger partial charge on any atom is 0.269 e. The van der Waals surface area contributed by atoms with Crippen LogP contribution in [0.4, 0.5) is 5.69 Å². The number of allylic oxidation sites excluding steroid dienone is 1. The van der Waals surface area contributed by atoms with E-state index in [1.165, 1.54) is 19.2 Å². The Balaban J connectivity index is 1.69. The molecular formula is C24H20N2O5. The average Bonchev–Trinajstić information content (AvgIpc) is 2.81. The fourth-order valence-electron chi connectivity index (χ4n) is 2.83. The fourth-order valence-corrected chi connectivity index (χ4v) is 2.83. The van der Waals surface area contributed by atoms with E-state index in [4.69, 9.17) is 14.2 Å². The smallest absolute Gasteiger partial charge is 0.269 e. The summed E-state index contributed by atoms with van der Waals surface area (Å²) in [6.07, 6.45) is 1.69. The molecule has 7 heteroatoms. The van der Waals surface area contributed by atoms with Gasteiger partial charge in [0.15, 0.2) is 11.5 Å².